The first-order chi connectivity index (χ1) is 7.27. The van der Waals surface area contributed by atoms with Crippen LogP contribution in [0.2, 0.25) is 0 Å². The standard InChI is InChI=1S/C12H17N3/c1-13-12(14-2)10-8-15(3)11-7-5-4-6-9(10)11/h4-8,12-14H,1-3H3. The lowest BCUT2D eigenvalue weighted by molar-refractivity contribution is 0.522. The SMILES string of the molecule is CNC(NC)c1cn(C)c2ccccc12. The minimum absolute atomic E-state index is 0.205. The Labute approximate surface area is 90.1 Å². The summed E-state index contributed by atoms with van der Waals surface area (Å²) >= 11 is 0. The van der Waals surface area contributed by atoms with Gasteiger partial charge in [0, 0.05) is 29.7 Å². The summed E-state index contributed by atoms with van der Waals surface area (Å²) in [7, 11) is 6.00. The molecule has 1 heterocycles. The maximum Gasteiger partial charge on any atom is 0.0851 e. The molecule has 0 bridgehead atoms. The van der Waals surface area contributed by atoms with Crippen LogP contribution in [0, 0.1) is 0 Å². The van der Waals surface area contributed by atoms with Gasteiger partial charge in [0.25, 0.3) is 0 Å². The van der Waals surface area contributed by atoms with Gasteiger partial charge >= 0.3 is 0 Å². The van der Waals surface area contributed by atoms with Gasteiger partial charge in [0.1, 0.15) is 0 Å². The third kappa shape index (κ3) is 1.64. The molecule has 0 amide bonds. The van der Waals surface area contributed by atoms with Crippen LogP contribution in [-0.4, -0.2) is 18.7 Å². The second kappa shape index (κ2) is 4.04. The van der Waals surface area contributed by atoms with E-state index in [1.165, 1.54) is 16.5 Å². The average Bonchev–Trinajstić information content (AvgIpc) is 2.60. The largest absolute Gasteiger partial charge is 0.350 e. The highest BCUT2D eigenvalue weighted by molar-refractivity contribution is 5.84. The van der Waals surface area contributed by atoms with Gasteiger partial charge in [-0.1, -0.05) is 18.2 Å². The van der Waals surface area contributed by atoms with Crippen molar-refractivity contribution in [1.29, 1.82) is 0 Å². The summed E-state index contributed by atoms with van der Waals surface area (Å²) in [4.78, 5) is 0. The average molecular weight is 203 g/mol. The zero-order valence-electron chi connectivity index (χ0n) is 9.41. The van der Waals surface area contributed by atoms with Crippen molar-refractivity contribution in [2.75, 3.05) is 14.1 Å². The van der Waals surface area contributed by atoms with Crippen molar-refractivity contribution < 1.29 is 0 Å². The van der Waals surface area contributed by atoms with Crippen molar-refractivity contribution in [1.82, 2.24) is 15.2 Å². The molecule has 0 spiro atoms. The molecule has 0 radical (unpaired) electrons. The number of rotatable bonds is 3. The van der Waals surface area contributed by atoms with Crippen LogP contribution >= 0.6 is 0 Å². The molecule has 0 unspecified atom stereocenters. The van der Waals surface area contributed by atoms with E-state index in [-0.39, 0.29) is 6.17 Å². The Bertz CT molecular complexity index is 455. The van der Waals surface area contributed by atoms with Crippen LogP contribution in [0.3, 0.4) is 0 Å². The molecule has 0 saturated carbocycles. The summed E-state index contributed by atoms with van der Waals surface area (Å²) in [6.07, 6.45) is 2.37. The smallest absolute Gasteiger partial charge is 0.0851 e. The van der Waals surface area contributed by atoms with Crippen LogP contribution in [0.25, 0.3) is 10.9 Å². The van der Waals surface area contributed by atoms with Gasteiger partial charge < -0.3 is 15.2 Å². The molecule has 3 nitrogen and oxygen atoms in total. The molecule has 0 aliphatic rings. The Hall–Kier alpha value is -1.32. The number of nitrogens with zero attached hydrogens (tertiary/aromatic N) is 1. The molecule has 3 heteroatoms. The first-order valence-corrected chi connectivity index (χ1v) is 5.16. The highest BCUT2D eigenvalue weighted by Crippen LogP contribution is 2.24. The Morgan fingerprint density at radius 2 is 1.80 bits per heavy atom. The van der Waals surface area contributed by atoms with Crippen molar-refractivity contribution in [2.24, 2.45) is 7.05 Å². The molecule has 0 aliphatic heterocycles. The topological polar surface area (TPSA) is 29.0 Å². The third-order valence-corrected chi connectivity index (χ3v) is 2.82. The third-order valence-electron chi connectivity index (χ3n) is 2.82. The van der Waals surface area contributed by atoms with Crippen LogP contribution in [0.4, 0.5) is 0 Å². The molecule has 2 rings (SSSR count). The summed E-state index contributed by atoms with van der Waals surface area (Å²) in [5.74, 6) is 0. The second-order valence-electron chi connectivity index (χ2n) is 3.72. The molecule has 15 heavy (non-hydrogen) atoms. The molecule has 80 valence electrons. The highest BCUT2D eigenvalue weighted by Gasteiger charge is 2.12. The van der Waals surface area contributed by atoms with E-state index in [0.29, 0.717) is 0 Å². The predicted molar refractivity (Wildman–Crippen MR) is 63.8 cm³/mol. The summed E-state index contributed by atoms with van der Waals surface area (Å²) in [5.41, 5.74) is 2.56. The first kappa shape index (κ1) is 10.2. The molecule has 0 fully saturated rings. The molecule has 0 atom stereocenters. The van der Waals surface area contributed by atoms with Crippen molar-refractivity contribution in [2.45, 2.75) is 6.17 Å². The van der Waals surface area contributed by atoms with E-state index < -0.39 is 0 Å². The van der Waals surface area contributed by atoms with Crippen LogP contribution in [0.15, 0.2) is 30.5 Å². The van der Waals surface area contributed by atoms with Gasteiger partial charge in [0.15, 0.2) is 0 Å². The van der Waals surface area contributed by atoms with Gasteiger partial charge in [-0.25, -0.2) is 0 Å². The maximum absolute atomic E-state index is 3.25. The minimum Gasteiger partial charge on any atom is -0.350 e. The lowest BCUT2D eigenvalue weighted by atomic mass is 10.1. The molecule has 1 aromatic heterocycles. The number of aromatic nitrogens is 1. The summed E-state index contributed by atoms with van der Waals surface area (Å²) in [6, 6.07) is 8.45. The minimum atomic E-state index is 0.205. The van der Waals surface area contributed by atoms with Crippen molar-refractivity contribution in [3.8, 4) is 0 Å². The van der Waals surface area contributed by atoms with Crippen LogP contribution in [0.1, 0.15) is 11.7 Å². The Morgan fingerprint density at radius 1 is 1.13 bits per heavy atom. The van der Waals surface area contributed by atoms with Gasteiger partial charge in [0.2, 0.25) is 0 Å². The lowest BCUT2D eigenvalue weighted by Gasteiger charge is -2.13. The van der Waals surface area contributed by atoms with Crippen molar-refractivity contribution in [3.63, 3.8) is 0 Å². The summed E-state index contributed by atoms with van der Waals surface area (Å²) in [6.45, 7) is 0. The van der Waals surface area contributed by atoms with E-state index in [1.807, 2.05) is 14.1 Å². The van der Waals surface area contributed by atoms with Gasteiger partial charge in [0.05, 0.1) is 6.17 Å². The van der Waals surface area contributed by atoms with Crippen LogP contribution in [0.5, 0.6) is 0 Å². The van der Waals surface area contributed by atoms with E-state index in [9.17, 15) is 0 Å². The Morgan fingerprint density at radius 3 is 2.47 bits per heavy atom. The van der Waals surface area contributed by atoms with Gasteiger partial charge in [-0.2, -0.15) is 0 Å². The normalized spacial score (nSPS) is 11.5. The number of hydrogen-bond donors (Lipinski definition) is 2. The first-order valence-electron chi connectivity index (χ1n) is 5.16. The zero-order valence-corrected chi connectivity index (χ0v) is 9.41. The number of para-hydroxylation sites is 1. The van der Waals surface area contributed by atoms with E-state index in [1.54, 1.807) is 0 Å². The number of hydrogen-bond acceptors (Lipinski definition) is 2. The van der Waals surface area contributed by atoms with Gasteiger partial charge in [-0.3, -0.25) is 0 Å². The Kier molecular flexibility index (Phi) is 2.75. The van der Waals surface area contributed by atoms with Crippen molar-refractivity contribution >= 4 is 10.9 Å². The molecule has 0 aliphatic carbocycles. The van der Waals surface area contributed by atoms with Gasteiger partial charge in [-0.05, 0) is 20.2 Å². The lowest BCUT2D eigenvalue weighted by Crippen LogP contribution is -2.28. The molecule has 0 saturated heterocycles. The number of benzene rings is 1. The fourth-order valence-corrected chi connectivity index (χ4v) is 2.06. The number of nitrogens with one attached hydrogen (secondary N) is 2. The summed E-state index contributed by atoms with van der Waals surface area (Å²) in [5, 5.41) is 7.80. The molecular weight excluding hydrogens is 186 g/mol. The Balaban J connectivity index is 2.61. The maximum atomic E-state index is 3.25. The summed E-state index contributed by atoms with van der Waals surface area (Å²) < 4.78 is 2.16. The van der Waals surface area contributed by atoms with Gasteiger partial charge in [-0.15, -0.1) is 0 Å². The highest BCUT2D eigenvalue weighted by atomic mass is 15.1. The molecule has 2 aromatic rings. The molecular formula is C12H17N3. The quantitative estimate of drug-likeness (QED) is 0.742. The predicted octanol–water partition coefficient (Wildman–Crippen LogP) is 1.62. The van der Waals surface area contributed by atoms with E-state index in [0.717, 1.165) is 0 Å². The van der Waals surface area contributed by atoms with Crippen LogP contribution < -0.4 is 10.6 Å². The van der Waals surface area contributed by atoms with E-state index in [4.69, 9.17) is 0 Å². The number of fused-ring (bicyclic) bond motifs is 1. The van der Waals surface area contributed by atoms with E-state index in [2.05, 4.69) is 52.7 Å². The molecule has 2 N–H and O–H groups in total. The second-order valence-corrected chi connectivity index (χ2v) is 3.72. The van der Waals surface area contributed by atoms with E-state index >= 15 is 0 Å². The number of aryl methyl sites for hydroxylation is 1. The van der Waals surface area contributed by atoms with Crippen LogP contribution in [-0.2, 0) is 7.05 Å². The fraction of sp³-hybridized carbons (Fsp3) is 0.333. The monoisotopic (exact) mass is 203 g/mol. The zero-order chi connectivity index (χ0) is 10.8. The van der Waals surface area contributed by atoms with Crippen molar-refractivity contribution in [3.05, 3.63) is 36.0 Å². The fourth-order valence-electron chi connectivity index (χ4n) is 2.06. The molecule has 1 aromatic carbocycles.